The number of aliphatic hydroxyl groups is 1. The molecule has 1 fully saturated rings. The molecular weight excluding hydrogens is 228 g/mol. The topological polar surface area (TPSA) is 153 Å². The van der Waals surface area contributed by atoms with E-state index >= 15 is 0 Å². The fraction of sp³-hybridized carbons (Fsp3) is 1.00. The van der Waals surface area contributed by atoms with E-state index in [1.807, 2.05) is 0 Å². The zero-order valence-electron chi connectivity index (χ0n) is 10.1. The van der Waals surface area contributed by atoms with E-state index in [0.29, 0.717) is 0 Å². The Kier molecular flexibility index (Phi) is 4.41. The van der Waals surface area contributed by atoms with Crippen molar-refractivity contribution in [3.63, 3.8) is 0 Å². The van der Waals surface area contributed by atoms with Gasteiger partial charge in [-0.05, 0) is 0 Å². The van der Waals surface area contributed by atoms with Gasteiger partial charge in [-0.1, -0.05) is 0 Å². The molecule has 2 unspecified atom stereocenters. The minimum absolute atomic E-state index is 0.107. The molecule has 9 nitrogen and oxygen atoms in total. The lowest BCUT2D eigenvalue weighted by Crippen LogP contribution is -2.94. The normalized spacial score (nSPS) is 42.7. The quantitative estimate of drug-likeness (QED) is 0.258. The zero-order valence-corrected chi connectivity index (χ0v) is 10.1. The molecule has 0 spiro atoms. The fourth-order valence-corrected chi connectivity index (χ4v) is 1.97. The number of ether oxygens (including phenoxy) is 2. The summed E-state index contributed by atoms with van der Waals surface area (Å²) in [7, 11) is 2.98. The molecule has 2 atom stereocenters. The van der Waals surface area contributed by atoms with Crippen molar-refractivity contribution in [3.05, 3.63) is 0 Å². The number of aliphatic hydroxyl groups excluding tert-OH is 1. The van der Waals surface area contributed by atoms with Crippen molar-refractivity contribution in [2.45, 2.75) is 17.4 Å². The van der Waals surface area contributed by atoms with Crippen LogP contribution < -0.4 is 33.2 Å². The summed E-state index contributed by atoms with van der Waals surface area (Å²) in [6, 6.07) is 0. The number of nitrogens with two attached hydrogens (primary N) is 3. The molecule has 1 saturated heterocycles. The summed E-state index contributed by atoms with van der Waals surface area (Å²) >= 11 is 0. The van der Waals surface area contributed by atoms with Crippen molar-refractivity contribution in [2.75, 3.05) is 34.0 Å². The Morgan fingerprint density at radius 2 is 1.24 bits per heavy atom. The summed E-state index contributed by atoms with van der Waals surface area (Å²) < 4.78 is 9.96. The Balaban J connectivity index is 2.90. The zero-order chi connectivity index (χ0) is 13.2. The minimum Gasteiger partial charge on any atom is -0.392 e. The maximum Gasteiger partial charge on any atom is 0.150 e. The summed E-state index contributed by atoms with van der Waals surface area (Å²) in [6.45, 7) is -0.188. The van der Waals surface area contributed by atoms with Gasteiger partial charge in [0.1, 0.15) is 17.4 Å². The van der Waals surface area contributed by atoms with Gasteiger partial charge < -0.3 is 14.6 Å². The minimum atomic E-state index is -1.33. The first kappa shape index (κ1) is 14.7. The van der Waals surface area contributed by atoms with Gasteiger partial charge >= 0.3 is 0 Å². The van der Waals surface area contributed by atoms with Crippen LogP contribution in [0.2, 0.25) is 0 Å². The maximum absolute atomic E-state index is 9.28. The second-order valence-corrected chi connectivity index (χ2v) is 4.31. The fourth-order valence-electron chi connectivity index (χ4n) is 1.97. The first-order valence-corrected chi connectivity index (χ1v) is 5.14. The van der Waals surface area contributed by atoms with Crippen LogP contribution >= 0.6 is 0 Å². The third kappa shape index (κ3) is 3.55. The van der Waals surface area contributed by atoms with Gasteiger partial charge in [0, 0.05) is 14.2 Å². The van der Waals surface area contributed by atoms with Gasteiger partial charge in [-0.2, -0.15) is 0 Å². The lowest BCUT2D eigenvalue weighted by molar-refractivity contribution is -0.0789. The van der Waals surface area contributed by atoms with Crippen LogP contribution in [0.5, 0.6) is 0 Å². The van der Waals surface area contributed by atoms with E-state index in [9.17, 15) is 5.11 Å². The molecule has 1 aliphatic heterocycles. The van der Waals surface area contributed by atoms with E-state index in [2.05, 4.69) is 16.0 Å². The van der Waals surface area contributed by atoms with Gasteiger partial charge in [0.25, 0.3) is 0 Å². The SMILES string of the molecule is COCC1(N)NC(N)(CO)NC(N)(COC)N1. The van der Waals surface area contributed by atoms with Gasteiger partial charge in [0.2, 0.25) is 0 Å². The van der Waals surface area contributed by atoms with E-state index in [1.165, 1.54) is 14.2 Å². The largest absolute Gasteiger partial charge is 0.392 e. The molecule has 102 valence electrons. The average molecular weight is 250 g/mol. The van der Waals surface area contributed by atoms with Gasteiger partial charge in [0.05, 0.1) is 19.8 Å². The Morgan fingerprint density at radius 3 is 1.53 bits per heavy atom. The number of hydrogen-bond acceptors (Lipinski definition) is 9. The number of rotatable bonds is 5. The first-order valence-electron chi connectivity index (χ1n) is 5.14. The molecule has 1 aliphatic rings. The van der Waals surface area contributed by atoms with Crippen LogP contribution in [0.3, 0.4) is 0 Å². The van der Waals surface area contributed by atoms with Crippen LogP contribution in [0.4, 0.5) is 0 Å². The summed E-state index contributed by atoms with van der Waals surface area (Å²) in [5.41, 5.74) is 17.9. The van der Waals surface area contributed by atoms with Crippen LogP contribution in [0, 0.1) is 0 Å². The third-order valence-electron chi connectivity index (χ3n) is 2.33. The Morgan fingerprint density at radius 1 is 0.882 bits per heavy atom. The van der Waals surface area contributed by atoms with Gasteiger partial charge in [-0.3, -0.25) is 33.2 Å². The second-order valence-electron chi connectivity index (χ2n) is 4.31. The van der Waals surface area contributed by atoms with Crippen molar-refractivity contribution in [3.8, 4) is 0 Å². The van der Waals surface area contributed by atoms with Gasteiger partial charge in [-0.25, -0.2) is 0 Å². The highest BCUT2D eigenvalue weighted by Gasteiger charge is 2.49. The summed E-state index contributed by atoms with van der Waals surface area (Å²) in [6.07, 6.45) is 0. The molecule has 0 bridgehead atoms. The van der Waals surface area contributed by atoms with Crippen LogP contribution in [-0.4, -0.2) is 56.5 Å². The second kappa shape index (κ2) is 5.10. The van der Waals surface area contributed by atoms with Crippen LogP contribution in [0.15, 0.2) is 0 Å². The highest BCUT2D eigenvalue weighted by atomic mass is 16.5. The molecule has 0 amide bonds. The highest BCUT2D eigenvalue weighted by molar-refractivity contribution is 5.02. The molecule has 1 heterocycles. The van der Waals surface area contributed by atoms with Crippen molar-refractivity contribution in [1.82, 2.24) is 16.0 Å². The van der Waals surface area contributed by atoms with Crippen molar-refractivity contribution >= 4 is 0 Å². The number of nitrogens with one attached hydrogen (secondary N) is 3. The molecular formula is C8H22N6O3. The van der Waals surface area contributed by atoms with Crippen molar-refractivity contribution in [2.24, 2.45) is 17.2 Å². The number of methoxy groups -OCH3 is 2. The van der Waals surface area contributed by atoms with Crippen LogP contribution in [0.25, 0.3) is 0 Å². The first-order chi connectivity index (χ1) is 7.80. The lowest BCUT2D eigenvalue weighted by Gasteiger charge is -2.53. The molecule has 0 aromatic heterocycles. The number of hydrogen-bond donors (Lipinski definition) is 7. The Hall–Kier alpha value is -0.360. The molecule has 0 radical (unpaired) electrons. The van der Waals surface area contributed by atoms with Crippen LogP contribution in [0.1, 0.15) is 0 Å². The molecule has 0 aromatic carbocycles. The summed E-state index contributed by atoms with van der Waals surface area (Å²) in [5.74, 6) is -3.68. The van der Waals surface area contributed by atoms with Crippen molar-refractivity contribution < 1.29 is 14.6 Å². The smallest absolute Gasteiger partial charge is 0.150 e. The van der Waals surface area contributed by atoms with E-state index in [4.69, 9.17) is 26.7 Å². The third-order valence-corrected chi connectivity index (χ3v) is 2.33. The molecule has 0 saturated carbocycles. The highest BCUT2D eigenvalue weighted by Crippen LogP contribution is 2.11. The molecule has 9 heteroatoms. The standard InChI is InChI=1S/C8H22N6O3/c1-16-4-7(10)12-6(9,3-15)13-8(11,14-7)5-17-2/h12-15H,3-5,9-11H2,1-2H3. The summed E-state index contributed by atoms with van der Waals surface area (Å²) in [4.78, 5) is 0. The maximum atomic E-state index is 9.28. The molecule has 0 aromatic rings. The Labute approximate surface area is 100.0 Å². The van der Waals surface area contributed by atoms with Crippen LogP contribution in [-0.2, 0) is 9.47 Å². The molecule has 1 rings (SSSR count). The average Bonchev–Trinajstić information content (AvgIpc) is 2.15. The Bertz CT molecular complexity index is 248. The van der Waals surface area contributed by atoms with Gasteiger partial charge in [0.15, 0.2) is 0 Å². The van der Waals surface area contributed by atoms with E-state index in [-0.39, 0.29) is 13.2 Å². The monoisotopic (exact) mass is 250 g/mol. The summed E-state index contributed by atoms with van der Waals surface area (Å²) in [5, 5.41) is 17.8. The predicted molar refractivity (Wildman–Crippen MR) is 61.0 cm³/mol. The van der Waals surface area contributed by atoms with E-state index in [0.717, 1.165) is 0 Å². The molecule has 17 heavy (non-hydrogen) atoms. The predicted octanol–water partition coefficient (Wildman–Crippen LogP) is -4.11. The van der Waals surface area contributed by atoms with E-state index < -0.39 is 24.0 Å². The molecule has 10 N–H and O–H groups in total. The van der Waals surface area contributed by atoms with Crippen molar-refractivity contribution in [1.29, 1.82) is 0 Å². The van der Waals surface area contributed by atoms with E-state index in [1.54, 1.807) is 0 Å². The molecule has 0 aliphatic carbocycles. The van der Waals surface area contributed by atoms with Gasteiger partial charge in [-0.15, -0.1) is 0 Å². The lowest BCUT2D eigenvalue weighted by atomic mass is 10.1.